The number of likely N-dealkylation sites (N-methyl/N-ethyl adjacent to an activating group) is 1. The van der Waals surface area contributed by atoms with Crippen molar-refractivity contribution in [3.8, 4) is 6.07 Å². The van der Waals surface area contributed by atoms with E-state index in [1.165, 1.54) is 5.56 Å². The molecule has 2 aromatic carbocycles. The molecule has 3 heterocycles. The topological polar surface area (TPSA) is 74.9 Å². The molecule has 0 amide bonds. The van der Waals surface area contributed by atoms with Gasteiger partial charge in [-0.05, 0) is 56.8 Å². The second-order valence-corrected chi connectivity index (χ2v) is 9.45. The van der Waals surface area contributed by atoms with Crippen molar-refractivity contribution in [2.24, 2.45) is 16.8 Å². The van der Waals surface area contributed by atoms with Crippen LogP contribution in [-0.4, -0.2) is 60.2 Å². The number of aliphatic imine (C=N–C) groups is 1. The summed E-state index contributed by atoms with van der Waals surface area (Å²) in [7, 11) is 1.94. The van der Waals surface area contributed by atoms with Gasteiger partial charge in [-0.2, -0.15) is 5.26 Å². The number of rotatable bonds is 2. The van der Waals surface area contributed by atoms with Gasteiger partial charge in [-0.1, -0.05) is 42.0 Å². The van der Waals surface area contributed by atoms with E-state index in [1.807, 2.05) is 36.2 Å². The zero-order chi connectivity index (χ0) is 22.9. The van der Waals surface area contributed by atoms with E-state index in [4.69, 9.17) is 4.99 Å². The van der Waals surface area contributed by atoms with E-state index in [9.17, 15) is 10.4 Å². The lowest BCUT2D eigenvalue weighted by atomic mass is 9.92. The molecular weight excluding hydrogens is 410 g/mol. The summed E-state index contributed by atoms with van der Waals surface area (Å²) >= 11 is 0. The SMILES string of the molecule is Cc1ccc(C2=C(c3ccc(C#N)cc3)N=C(N3CCC4CNCC4CC3)C(O)N2C)cc1. The summed E-state index contributed by atoms with van der Waals surface area (Å²) in [6.07, 6.45) is 1.43. The molecule has 2 aromatic rings. The van der Waals surface area contributed by atoms with Gasteiger partial charge >= 0.3 is 0 Å². The zero-order valence-electron chi connectivity index (χ0n) is 19.3. The van der Waals surface area contributed by atoms with Gasteiger partial charge in [-0.25, -0.2) is 4.99 Å². The fourth-order valence-corrected chi connectivity index (χ4v) is 5.32. The van der Waals surface area contributed by atoms with Crippen molar-refractivity contribution in [2.45, 2.75) is 26.0 Å². The number of hydrogen-bond donors (Lipinski definition) is 2. The molecule has 170 valence electrons. The maximum atomic E-state index is 11.4. The van der Waals surface area contributed by atoms with Crippen molar-refractivity contribution < 1.29 is 5.11 Å². The van der Waals surface area contributed by atoms with Crippen molar-refractivity contribution >= 4 is 17.2 Å². The molecule has 0 radical (unpaired) electrons. The van der Waals surface area contributed by atoms with Gasteiger partial charge in [0, 0.05) is 31.3 Å². The van der Waals surface area contributed by atoms with Gasteiger partial charge in [0.15, 0.2) is 12.1 Å². The van der Waals surface area contributed by atoms with Gasteiger partial charge < -0.3 is 20.2 Å². The van der Waals surface area contributed by atoms with Crippen LogP contribution in [0.1, 0.15) is 35.1 Å². The van der Waals surface area contributed by atoms with E-state index in [2.05, 4.69) is 47.5 Å². The van der Waals surface area contributed by atoms with Crippen LogP contribution in [0.15, 0.2) is 53.5 Å². The molecule has 3 aliphatic rings. The van der Waals surface area contributed by atoms with E-state index in [1.54, 1.807) is 0 Å². The van der Waals surface area contributed by atoms with Crippen LogP contribution >= 0.6 is 0 Å². The minimum atomic E-state index is -0.806. The van der Waals surface area contributed by atoms with Crippen molar-refractivity contribution in [1.82, 2.24) is 15.1 Å². The van der Waals surface area contributed by atoms with Crippen molar-refractivity contribution in [3.05, 3.63) is 70.8 Å². The van der Waals surface area contributed by atoms with Crippen LogP contribution in [0.3, 0.4) is 0 Å². The van der Waals surface area contributed by atoms with Crippen LogP contribution in [0.5, 0.6) is 0 Å². The molecule has 5 rings (SSSR count). The van der Waals surface area contributed by atoms with Gasteiger partial charge in [0.1, 0.15) is 0 Å². The Hall–Kier alpha value is -3.14. The molecule has 3 atom stereocenters. The molecule has 2 N–H and O–H groups in total. The normalized spacial score (nSPS) is 25.4. The van der Waals surface area contributed by atoms with Crippen LogP contribution in [0, 0.1) is 30.1 Å². The van der Waals surface area contributed by atoms with Gasteiger partial charge in [0.2, 0.25) is 0 Å². The minimum absolute atomic E-state index is 0.623. The standard InChI is InChI=1S/C27H31N5O/c1-18-3-7-21(8-4-18)25-24(20-9-5-19(15-28)6-10-20)30-26(27(33)31(25)2)32-13-11-22-16-29-17-23(22)12-14-32/h3-10,22-23,27,29,33H,11-14,16-17H2,1-2H3. The highest BCUT2D eigenvalue weighted by Gasteiger charge is 2.36. The second kappa shape index (κ2) is 9.01. The van der Waals surface area contributed by atoms with Crippen LogP contribution in [0.4, 0.5) is 0 Å². The number of likely N-dealkylation sites (tertiary alicyclic amines) is 1. The summed E-state index contributed by atoms with van der Waals surface area (Å²) in [6.45, 7) is 6.09. The van der Waals surface area contributed by atoms with E-state index >= 15 is 0 Å². The highest BCUT2D eigenvalue weighted by molar-refractivity contribution is 6.02. The van der Waals surface area contributed by atoms with E-state index in [0.717, 1.165) is 67.4 Å². The number of fused-ring (bicyclic) bond motifs is 1. The van der Waals surface area contributed by atoms with Crippen LogP contribution in [0.25, 0.3) is 11.4 Å². The van der Waals surface area contributed by atoms with Crippen molar-refractivity contribution in [2.75, 3.05) is 33.2 Å². The van der Waals surface area contributed by atoms with E-state index in [0.29, 0.717) is 17.4 Å². The average Bonchev–Trinajstić information content (AvgIpc) is 3.20. The first-order valence-electron chi connectivity index (χ1n) is 11.8. The summed E-state index contributed by atoms with van der Waals surface area (Å²) in [5.74, 6) is 2.15. The number of aryl methyl sites for hydroxylation is 1. The number of hydrogen-bond acceptors (Lipinski definition) is 6. The third kappa shape index (κ3) is 4.15. The first-order valence-corrected chi connectivity index (χ1v) is 11.8. The fourth-order valence-electron chi connectivity index (χ4n) is 5.32. The molecule has 0 spiro atoms. The Morgan fingerprint density at radius 3 is 2.18 bits per heavy atom. The number of amidine groups is 1. The molecule has 0 aliphatic carbocycles. The Bertz CT molecular complexity index is 1100. The Balaban J connectivity index is 1.58. The Morgan fingerprint density at radius 1 is 0.970 bits per heavy atom. The first kappa shape index (κ1) is 21.7. The number of aliphatic hydroxyl groups is 1. The monoisotopic (exact) mass is 441 g/mol. The van der Waals surface area contributed by atoms with Gasteiger partial charge in [-0.3, -0.25) is 0 Å². The summed E-state index contributed by atoms with van der Waals surface area (Å²) in [4.78, 5) is 9.34. The maximum Gasteiger partial charge on any atom is 0.186 e. The Kier molecular flexibility index (Phi) is 5.92. The predicted molar refractivity (Wildman–Crippen MR) is 131 cm³/mol. The molecule has 0 saturated carbocycles. The summed E-state index contributed by atoms with van der Waals surface area (Å²) in [5, 5.41) is 24.1. The Labute approximate surface area is 195 Å². The lowest BCUT2D eigenvalue weighted by Crippen LogP contribution is -2.49. The lowest BCUT2D eigenvalue weighted by molar-refractivity contribution is 0.109. The minimum Gasteiger partial charge on any atom is -0.367 e. The van der Waals surface area contributed by atoms with Crippen molar-refractivity contribution in [1.29, 1.82) is 5.26 Å². The molecule has 3 aliphatic heterocycles. The van der Waals surface area contributed by atoms with E-state index < -0.39 is 6.23 Å². The number of aliphatic hydroxyl groups excluding tert-OH is 1. The van der Waals surface area contributed by atoms with E-state index in [-0.39, 0.29) is 0 Å². The average molecular weight is 442 g/mol. The van der Waals surface area contributed by atoms with Crippen molar-refractivity contribution in [3.63, 3.8) is 0 Å². The molecule has 3 unspecified atom stereocenters. The fraction of sp³-hybridized carbons (Fsp3) is 0.407. The van der Waals surface area contributed by atoms with Crippen LogP contribution < -0.4 is 5.32 Å². The first-order chi connectivity index (χ1) is 16.0. The summed E-state index contributed by atoms with van der Waals surface area (Å²) in [5.41, 5.74) is 5.49. The summed E-state index contributed by atoms with van der Waals surface area (Å²) < 4.78 is 0. The highest BCUT2D eigenvalue weighted by Crippen LogP contribution is 2.36. The molecule has 6 nitrogen and oxygen atoms in total. The van der Waals surface area contributed by atoms with Crippen LogP contribution in [0.2, 0.25) is 0 Å². The number of nitrogens with zero attached hydrogens (tertiary/aromatic N) is 4. The molecular formula is C27H31N5O. The smallest absolute Gasteiger partial charge is 0.186 e. The third-order valence-electron chi connectivity index (χ3n) is 7.36. The molecule has 0 bridgehead atoms. The van der Waals surface area contributed by atoms with Gasteiger partial charge in [0.25, 0.3) is 0 Å². The molecule has 33 heavy (non-hydrogen) atoms. The van der Waals surface area contributed by atoms with Gasteiger partial charge in [0.05, 0.1) is 23.0 Å². The second-order valence-electron chi connectivity index (χ2n) is 9.45. The quantitative estimate of drug-likeness (QED) is 0.748. The predicted octanol–water partition coefficient (Wildman–Crippen LogP) is 3.29. The lowest BCUT2D eigenvalue weighted by Gasteiger charge is -2.38. The Morgan fingerprint density at radius 2 is 1.58 bits per heavy atom. The molecule has 2 saturated heterocycles. The third-order valence-corrected chi connectivity index (χ3v) is 7.36. The zero-order valence-corrected chi connectivity index (χ0v) is 19.3. The molecule has 2 fully saturated rings. The number of benzene rings is 2. The summed E-state index contributed by atoms with van der Waals surface area (Å²) in [6, 6.07) is 18.1. The highest BCUT2D eigenvalue weighted by atomic mass is 16.3. The number of nitriles is 1. The number of nitrogens with one attached hydrogen (secondary N) is 1. The maximum absolute atomic E-state index is 11.4. The largest absolute Gasteiger partial charge is 0.367 e. The molecule has 0 aromatic heterocycles. The van der Waals surface area contributed by atoms with Crippen LogP contribution in [-0.2, 0) is 0 Å². The molecule has 6 heteroatoms. The van der Waals surface area contributed by atoms with Gasteiger partial charge in [-0.15, -0.1) is 0 Å².